The van der Waals surface area contributed by atoms with Gasteiger partial charge in [-0.3, -0.25) is 4.79 Å². The van der Waals surface area contributed by atoms with Gasteiger partial charge < -0.3 is 20.1 Å². The molecule has 1 aliphatic rings. The first kappa shape index (κ1) is 15.2. The van der Waals surface area contributed by atoms with Gasteiger partial charge in [-0.25, -0.2) is 0 Å². The summed E-state index contributed by atoms with van der Waals surface area (Å²) in [5, 5.41) is 6.31. The minimum Gasteiger partial charge on any atom is -0.493 e. The van der Waals surface area contributed by atoms with Crippen molar-refractivity contribution in [2.75, 3.05) is 12.4 Å². The SMILES string of the molecule is COc1cccc([C@@H]2NC(=O)c3ccccc3N2)c1OC(C)C. The number of hydrogen-bond donors (Lipinski definition) is 2. The third kappa shape index (κ3) is 2.95. The number of methoxy groups -OCH3 is 1. The van der Waals surface area contributed by atoms with E-state index in [1.54, 1.807) is 13.2 Å². The van der Waals surface area contributed by atoms with E-state index in [-0.39, 0.29) is 18.2 Å². The number of rotatable bonds is 4. The third-order valence-electron chi connectivity index (χ3n) is 3.64. The van der Waals surface area contributed by atoms with Crippen molar-refractivity contribution >= 4 is 11.6 Å². The number of carbonyl (C=O) groups excluding carboxylic acids is 1. The molecule has 0 saturated carbocycles. The number of hydrogen-bond acceptors (Lipinski definition) is 4. The Hall–Kier alpha value is -2.69. The van der Waals surface area contributed by atoms with Crippen LogP contribution in [0.3, 0.4) is 0 Å². The van der Waals surface area contributed by atoms with Gasteiger partial charge in [0.1, 0.15) is 6.17 Å². The molecule has 0 saturated heterocycles. The maximum atomic E-state index is 12.3. The molecule has 3 rings (SSSR count). The van der Waals surface area contributed by atoms with Crippen LogP contribution in [0.2, 0.25) is 0 Å². The van der Waals surface area contributed by atoms with Crippen molar-refractivity contribution in [2.24, 2.45) is 0 Å². The summed E-state index contributed by atoms with van der Waals surface area (Å²) in [5.74, 6) is 1.18. The molecule has 1 amide bonds. The van der Waals surface area contributed by atoms with Crippen LogP contribution in [0.5, 0.6) is 11.5 Å². The van der Waals surface area contributed by atoms with Gasteiger partial charge in [0.05, 0.1) is 18.8 Å². The van der Waals surface area contributed by atoms with Crippen LogP contribution in [0.4, 0.5) is 5.69 Å². The molecule has 0 bridgehead atoms. The molecule has 5 heteroatoms. The number of amides is 1. The first-order valence-electron chi connectivity index (χ1n) is 7.60. The molecule has 2 N–H and O–H groups in total. The Morgan fingerprint density at radius 3 is 2.57 bits per heavy atom. The summed E-state index contributed by atoms with van der Waals surface area (Å²) in [6, 6.07) is 13.1. The van der Waals surface area contributed by atoms with Crippen molar-refractivity contribution in [1.29, 1.82) is 0 Å². The number of fused-ring (bicyclic) bond motifs is 1. The van der Waals surface area contributed by atoms with E-state index in [0.717, 1.165) is 11.3 Å². The summed E-state index contributed by atoms with van der Waals surface area (Å²) >= 11 is 0. The van der Waals surface area contributed by atoms with Gasteiger partial charge in [-0.2, -0.15) is 0 Å². The highest BCUT2D eigenvalue weighted by molar-refractivity contribution is 6.01. The fourth-order valence-electron chi connectivity index (χ4n) is 2.65. The Labute approximate surface area is 135 Å². The van der Waals surface area contributed by atoms with Crippen LogP contribution in [0.1, 0.15) is 35.9 Å². The Bertz CT molecular complexity index is 728. The second-order valence-electron chi connectivity index (χ2n) is 5.64. The van der Waals surface area contributed by atoms with Gasteiger partial charge in [0.2, 0.25) is 0 Å². The molecule has 0 spiro atoms. The van der Waals surface area contributed by atoms with Gasteiger partial charge in [0.15, 0.2) is 11.5 Å². The van der Waals surface area contributed by atoms with Crippen molar-refractivity contribution in [1.82, 2.24) is 5.32 Å². The van der Waals surface area contributed by atoms with E-state index in [0.29, 0.717) is 17.1 Å². The number of carbonyl (C=O) groups is 1. The maximum absolute atomic E-state index is 12.3. The van der Waals surface area contributed by atoms with Crippen molar-refractivity contribution < 1.29 is 14.3 Å². The zero-order valence-electron chi connectivity index (χ0n) is 13.4. The fourth-order valence-corrected chi connectivity index (χ4v) is 2.65. The maximum Gasteiger partial charge on any atom is 0.255 e. The standard InChI is InChI=1S/C18H20N2O3/c1-11(2)23-16-13(8-6-10-15(16)22-3)17-19-14-9-5-4-7-12(14)18(21)20-17/h4-11,17,19H,1-3H3,(H,20,21)/t17-/m0/s1. The quantitative estimate of drug-likeness (QED) is 0.909. The van der Waals surface area contributed by atoms with Gasteiger partial charge in [0.25, 0.3) is 5.91 Å². The number of ether oxygens (including phenoxy) is 2. The predicted molar refractivity (Wildman–Crippen MR) is 89.0 cm³/mol. The third-order valence-corrected chi connectivity index (χ3v) is 3.64. The molecule has 1 atom stereocenters. The van der Waals surface area contributed by atoms with Crippen LogP contribution in [0.15, 0.2) is 42.5 Å². The molecule has 120 valence electrons. The van der Waals surface area contributed by atoms with E-state index in [2.05, 4.69) is 10.6 Å². The summed E-state index contributed by atoms with van der Waals surface area (Å²) in [4.78, 5) is 12.3. The number of nitrogens with one attached hydrogen (secondary N) is 2. The summed E-state index contributed by atoms with van der Waals surface area (Å²) in [6.07, 6.45) is -0.377. The molecule has 2 aromatic carbocycles. The molecular weight excluding hydrogens is 292 g/mol. The summed E-state index contributed by atoms with van der Waals surface area (Å²) < 4.78 is 11.3. The van der Waals surface area contributed by atoms with E-state index < -0.39 is 0 Å². The summed E-state index contributed by atoms with van der Waals surface area (Å²) in [6.45, 7) is 3.91. The van der Waals surface area contributed by atoms with Crippen molar-refractivity contribution in [2.45, 2.75) is 26.1 Å². The minimum absolute atomic E-state index is 0.00312. The second kappa shape index (κ2) is 6.20. The summed E-state index contributed by atoms with van der Waals surface area (Å²) in [7, 11) is 1.61. The Morgan fingerprint density at radius 1 is 1.04 bits per heavy atom. The van der Waals surface area contributed by atoms with E-state index in [1.807, 2.05) is 50.2 Å². The monoisotopic (exact) mass is 312 g/mol. The van der Waals surface area contributed by atoms with Crippen LogP contribution < -0.4 is 20.1 Å². The van der Waals surface area contributed by atoms with Gasteiger partial charge in [-0.1, -0.05) is 24.3 Å². The average molecular weight is 312 g/mol. The van der Waals surface area contributed by atoms with Gasteiger partial charge in [-0.05, 0) is 32.0 Å². The Kier molecular flexibility index (Phi) is 4.10. The lowest BCUT2D eigenvalue weighted by Crippen LogP contribution is -2.38. The molecule has 0 aromatic heterocycles. The Morgan fingerprint density at radius 2 is 1.83 bits per heavy atom. The number of benzene rings is 2. The topological polar surface area (TPSA) is 59.6 Å². The number of para-hydroxylation sites is 2. The average Bonchev–Trinajstić information content (AvgIpc) is 2.54. The zero-order chi connectivity index (χ0) is 16.4. The minimum atomic E-state index is -0.374. The zero-order valence-corrected chi connectivity index (χ0v) is 13.4. The first-order valence-corrected chi connectivity index (χ1v) is 7.60. The largest absolute Gasteiger partial charge is 0.493 e. The second-order valence-corrected chi connectivity index (χ2v) is 5.64. The van der Waals surface area contributed by atoms with Crippen LogP contribution in [0.25, 0.3) is 0 Å². The molecule has 5 nitrogen and oxygen atoms in total. The number of anilines is 1. The van der Waals surface area contributed by atoms with Crippen LogP contribution >= 0.6 is 0 Å². The molecule has 2 aromatic rings. The highest BCUT2D eigenvalue weighted by atomic mass is 16.5. The molecular formula is C18H20N2O3. The molecule has 1 heterocycles. The molecule has 23 heavy (non-hydrogen) atoms. The van der Waals surface area contributed by atoms with Gasteiger partial charge >= 0.3 is 0 Å². The van der Waals surface area contributed by atoms with Crippen molar-refractivity contribution in [3.8, 4) is 11.5 Å². The van der Waals surface area contributed by atoms with Gasteiger partial charge in [-0.15, -0.1) is 0 Å². The first-order chi connectivity index (χ1) is 11.1. The molecule has 1 aliphatic heterocycles. The van der Waals surface area contributed by atoms with E-state index >= 15 is 0 Å². The van der Waals surface area contributed by atoms with Crippen LogP contribution in [-0.4, -0.2) is 19.1 Å². The lowest BCUT2D eigenvalue weighted by atomic mass is 10.0. The fraction of sp³-hybridized carbons (Fsp3) is 0.278. The van der Waals surface area contributed by atoms with Crippen molar-refractivity contribution in [3.63, 3.8) is 0 Å². The van der Waals surface area contributed by atoms with E-state index in [9.17, 15) is 4.79 Å². The molecule has 0 aliphatic carbocycles. The predicted octanol–water partition coefficient (Wildman–Crippen LogP) is 3.34. The normalized spacial score (nSPS) is 16.3. The van der Waals surface area contributed by atoms with Crippen LogP contribution in [0, 0.1) is 0 Å². The molecule has 0 fully saturated rings. The molecule has 0 unspecified atom stereocenters. The highest BCUT2D eigenvalue weighted by Crippen LogP contribution is 2.37. The van der Waals surface area contributed by atoms with Gasteiger partial charge in [0, 0.05) is 11.3 Å². The molecule has 0 radical (unpaired) electrons. The van der Waals surface area contributed by atoms with Crippen molar-refractivity contribution in [3.05, 3.63) is 53.6 Å². The lowest BCUT2D eigenvalue weighted by molar-refractivity contribution is 0.0935. The van der Waals surface area contributed by atoms with E-state index in [1.165, 1.54) is 0 Å². The smallest absolute Gasteiger partial charge is 0.255 e. The Balaban J connectivity index is 2.01. The van der Waals surface area contributed by atoms with Crippen LogP contribution in [-0.2, 0) is 0 Å². The summed E-state index contributed by atoms with van der Waals surface area (Å²) in [5.41, 5.74) is 2.28. The highest BCUT2D eigenvalue weighted by Gasteiger charge is 2.27. The lowest BCUT2D eigenvalue weighted by Gasteiger charge is -2.30. The van der Waals surface area contributed by atoms with E-state index in [4.69, 9.17) is 9.47 Å².